The highest BCUT2D eigenvalue weighted by molar-refractivity contribution is 7.91. The lowest BCUT2D eigenvalue weighted by Gasteiger charge is -2.11. The number of phenols is 2. The van der Waals surface area contributed by atoms with Gasteiger partial charge in [-0.2, -0.15) is 0 Å². The average Bonchev–Trinajstić information content (AvgIpc) is 2.38. The smallest absolute Gasteiger partial charge is 0.210 e. The molecule has 20 heavy (non-hydrogen) atoms. The van der Waals surface area contributed by atoms with Gasteiger partial charge in [0, 0.05) is 0 Å². The number of hydrogen-bond donors (Lipinski definition) is 2. The molecule has 0 amide bonds. The van der Waals surface area contributed by atoms with Crippen LogP contribution in [0, 0.1) is 20.8 Å². The quantitative estimate of drug-likeness (QED) is 0.892. The van der Waals surface area contributed by atoms with Crippen LogP contribution in [0.2, 0.25) is 0 Å². The third-order valence-electron chi connectivity index (χ3n) is 3.33. The summed E-state index contributed by atoms with van der Waals surface area (Å²) in [6.45, 7) is 5.19. The van der Waals surface area contributed by atoms with Gasteiger partial charge in [0.25, 0.3) is 0 Å². The molecule has 2 aromatic rings. The first-order valence-corrected chi connectivity index (χ1v) is 7.56. The predicted molar refractivity (Wildman–Crippen MR) is 75.9 cm³/mol. The fraction of sp³-hybridized carbons (Fsp3) is 0.200. The molecule has 0 aliphatic heterocycles. The van der Waals surface area contributed by atoms with Crippen LogP contribution in [0.1, 0.15) is 16.7 Å². The van der Waals surface area contributed by atoms with Gasteiger partial charge in [-0.25, -0.2) is 8.42 Å². The lowest BCUT2D eigenvalue weighted by Crippen LogP contribution is -2.04. The number of hydrogen-bond acceptors (Lipinski definition) is 4. The van der Waals surface area contributed by atoms with E-state index in [1.54, 1.807) is 26.8 Å². The molecule has 0 fully saturated rings. The molecule has 106 valence electrons. The summed E-state index contributed by atoms with van der Waals surface area (Å²) >= 11 is 0. The molecular formula is C15H16O4S. The molecule has 2 aromatic carbocycles. The standard InChI is InChI=1S/C15H16O4S/c1-9-4-5-13(16)15(6-9)20(18,19)12-7-10(2)11(3)14(17)8-12/h4-8,16-17H,1-3H3. The van der Waals surface area contributed by atoms with Gasteiger partial charge in [0.1, 0.15) is 16.4 Å². The molecule has 0 bridgehead atoms. The summed E-state index contributed by atoms with van der Waals surface area (Å²) in [6, 6.07) is 7.10. The molecule has 0 unspecified atom stereocenters. The van der Waals surface area contributed by atoms with Gasteiger partial charge in [-0.1, -0.05) is 6.07 Å². The highest BCUT2D eigenvalue weighted by Crippen LogP contribution is 2.32. The summed E-state index contributed by atoms with van der Waals surface area (Å²) < 4.78 is 25.1. The molecule has 0 atom stereocenters. The van der Waals surface area contributed by atoms with Crippen LogP contribution in [0.4, 0.5) is 0 Å². The summed E-state index contributed by atoms with van der Waals surface area (Å²) in [5.41, 5.74) is 2.04. The van der Waals surface area contributed by atoms with Crippen LogP contribution < -0.4 is 0 Å². The molecule has 0 aromatic heterocycles. The zero-order valence-electron chi connectivity index (χ0n) is 11.5. The Morgan fingerprint density at radius 3 is 2.15 bits per heavy atom. The molecule has 0 radical (unpaired) electrons. The number of rotatable bonds is 2. The number of sulfone groups is 1. The first-order chi connectivity index (χ1) is 9.23. The summed E-state index contributed by atoms with van der Waals surface area (Å²) in [5, 5.41) is 19.6. The van der Waals surface area contributed by atoms with Gasteiger partial charge in [-0.05, 0) is 61.7 Å². The van der Waals surface area contributed by atoms with E-state index in [9.17, 15) is 18.6 Å². The lowest BCUT2D eigenvalue weighted by molar-refractivity contribution is 0.457. The summed E-state index contributed by atoms with van der Waals surface area (Å²) in [7, 11) is -3.86. The van der Waals surface area contributed by atoms with Crippen LogP contribution in [0.25, 0.3) is 0 Å². The van der Waals surface area contributed by atoms with Crippen molar-refractivity contribution in [3.63, 3.8) is 0 Å². The Kier molecular flexibility index (Phi) is 3.48. The first-order valence-electron chi connectivity index (χ1n) is 6.08. The van der Waals surface area contributed by atoms with E-state index in [4.69, 9.17) is 0 Å². The predicted octanol–water partition coefficient (Wildman–Crippen LogP) is 2.86. The first kappa shape index (κ1) is 14.4. The topological polar surface area (TPSA) is 74.6 Å². The summed E-state index contributed by atoms with van der Waals surface area (Å²) in [4.78, 5) is -0.181. The highest BCUT2D eigenvalue weighted by atomic mass is 32.2. The van der Waals surface area contributed by atoms with E-state index in [-0.39, 0.29) is 21.3 Å². The van der Waals surface area contributed by atoms with E-state index in [1.807, 2.05) is 0 Å². The Hall–Kier alpha value is -2.01. The average molecular weight is 292 g/mol. The van der Waals surface area contributed by atoms with Crippen molar-refractivity contribution in [2.75, 3.05) is 0 Å². The van der Waals surface area contributed by atoms with Crippen molar-refractivity contribution in [1.29, 1.82) is 0 Å². The van der Waals surface area contributed by atoms with E-state index in [0.29, 0.717) is 11.1 Å². The number of phenolic OH excluding ortho intramolecular Hbond substituents is 2. The maximum absolute atomic E-state index is 12.6. The molecule has 4 nitrogen and oxygen atoms in total. The van der Waals surface area contributed by atoms with E-state index < -0.39 is 9.84 Å². The van der Waals surface area contributed by atoms with Crippen molar-refractivity contribution in [3.8, 4) is 11.5 Å². The normalized spacial score (nSPS) is 11.6. The highest BCUT2D eigenvalue weighted by Gasteiger charge is 2.23. The SMILES string of the molecule is Cc1ccc(O)c(S(=O)(=O)c2cc(C)c(C)c(O)c2)c1. The van der Waals surface area contributed by atoms with Gasteiger partial charge in [0.2, 0.25) is 9.84 Å². The van der Waals surface area contributed by atoms with Gasteiger partial charge < -0.3 is 10.2 Å². The van der Waals surface area contributed by atoms with Crippen LogP contribution in [0.15, 0.2) is 40.1 Å². The Morgan fingerprint density at radius 2 is 1.55 bits per heavy atom. The minimum atomic E-state index is -3.86. The molecule has 0 spiro atoms. The van der Waals surface area contributed by atoms with Crippen LogP contribution >= 0.6 is 0 Å². The fourth-order valence-electron chi connectivity index (χ4n) is 1.93. The van der Waals surface area contributed by atoms with Crippen LogP contribution in [-0.4, -0.2) is 18.6 Å². The molecule has 0 saturated carbocycles. The zero-order valence-corrected chi connectivity index (χ0v) is 12.3. The van der Waals surface area contributed by atoms with Crippen LogP contribution in [0.3, 0.4) is 0 Å². The Balaban J connectivity index is 2.70. The second-order valence-corrected chi connectivity index (χ2v) is 6.78. The van der Waals surface area contributed by atoms with Crippen molar-refractivity contribution in [3.05, 3.63) is 47.0 Å². The van der Waals surface area contributed by atoms with Crippen molar-refractivity contribution in [2.24, 2.45) is 0 Å². The van der Waals surface area contributed by atoms with Crippen LogP contribution in [0.5, 0.6) is 11.5 Å². The summed E-state index contributed by atoms with van der Waals surface area (Å²) in [6.07, 6.45) is 0. The Morgan fingerprint density at radius 1 is 0.900 bits per heavy atom. The van der Waals surface area contributed by atoms with Crippen molar-refractivity contribution < 1.29 is 18.6 Å². The van der Waals surface area contributed by atoms with Crippen molar-refractivity contribution in [2.45, 2.75) is 30.6 Å². The number of aromatic hydroxyl groups is 2. The van der Waals surface area contributed by atoms with Gasteiger partial charge in [-0.3, -0.25) is 0 Å². The second-order valence-electron chi connectivity index (χ2n) is 4.86. The zero-order chi connectivity index (χ0) is 15.1. The minimum absolute atomic E-state index is 0.0287. The lowest BCUT2D eigenvalue weighted by atomic mass is 10.1. The van der Waals surface area contributed by atoms with E-state index in [2.05, 4.69) is 0 Å². The van der Waals surface area contributed by atoms with Gasteiger partial charge in [-0.15, -0.1) is 0 Å². The van der Waals surface area contributed by atoms with Gasteiger partial charge in [0.05, 0.1) is 4.90 Å². The molecule has 0 heterocycles. The van der Waals surface area contributed by atoms with E-state index >= 15 is 0 Å². The minimum Gasteiger partial charge on any atom is -0.508 e. The largest absolute Gasteiger partial charge is 0.508 e. The van der Waals surface area contributed by atoms with Gasteiger partial charge in [0.15, 0.2) is 0 Å². The molecule has 0 aliphatic rings. The number of benzene rings is 2. The molecule has 0 saturated heterocycles. The maximum Gasteiger partial charge on any atom is 0.210 e. The molecule has 0 aliphatic carbocycles. The van der Waals surface area contributed by atoms with Crippen molar-refractivity contribution in [1.82, 2.24) is 0 Å². The van der Waals surface area contributed by atoms with E-state index in [0.717, 1.165) is 5.56 Å². The van der Waals surface area contributed by atoms with Crippen molar-refractivity contribution >= 4 is 9.84 Å². The fourth-order valence-corrected chi connectivity index (χ4v) is 3.46. The molecule has 2 rings (SSSR count). The summed E-state index contributed by atoms with van der Waals surface area (Å²) in [5.74, 6) is -0.371. The van der Waals surface area contributed by atoms with Gasteiger partial charge >= 0.3 is 0 Å². The number of aryl methyl sites for hydroxylation is 2. The monoisotopic (exact) mass is 292 g/mol. The third kappa shape index (κ3) is 2.36. The molecule has 2 N–H and O–H groups in total. The molecular weight excluding hydrogens is 276 g/mol. The van der Waals surface area contributed by atoms with Crippen LogP contribution in [-0.2, 0) is 9.84 Å². The van der Waals surface area contributed by atoms with E-state index in [1.165, 1.54) is 24.3 Å². The second kappa shape index (κ2) is 4.83. The molecule has 5 heteroatoms. The third-order valence-corrected chi connectivity index (χ3v) is 5.09. The Bertz CT molecular complexity index is 753. The maximum atomic E-state index is 12.6. The Labute approximate surface area is 118 Å².